The van der Waals surface area contributed by atoms with Gasteiger partial charge in [-0.15, -0.1) is 0 Å². The molecule has 1 aliphatic carbocycles. The molecule has 0 spiro atoms. The lowest BCUT2D eigenvalue weighted by molar-refractivity contribution is 0.0891. The van der Waals surface area contributed by atoms with Gasteiger partial charge in [0.15, 0.2) is 0 Å². The number of rotatable bonds is 5. The number of hydrogen-bond acceptors (Lipinski definition) is 4. The summed E-state index contributed by atoms with van der Waals surface area (Å²) in [5.74, 6) is 1.14. The third kappa shape index (κ3) is 3.04. The van der Waals surface area contributed by atoms with E-state index >= 15 is 0 Å². The summed E-state index contributed by atoms with van der Waals surface area (Å²) in [6.07, 6.45) is 5.06. The van der Waals surface area contributed by atoms with Gasteiger partial charge in [0, 0.05) is 18.1 Å². The van der Waals surface area contributed by atoms with Crippen LogP contribution in [0.3, 0.4) is 0 Å². The van der Waals surface area contributed by atoms with Crippen molar-refractivity contribution in [3.63, 3.8) is 0 Å². The summed E-state index contributed by atoms with van der Waals surface area (Å²) in [6, 6.07) is 5.58. The van der Waals surface area contributed by atoms with Gasteiger partial charge < -0.3 is 9.84 Å². The topological polar surface area (TPSA) is 64.4 Å². The smallest absolute Gasteiger partial charge is 0.276 e. The Morgan fingerprint density at radius 3 is 2.86 bits per heavy atom. The Balaban J connectivity index is 1.79. The van der Waals surface area contributed by atoms with E-state index in [0.717, 1.165) is 29.8 Å². The predicted octanol–water partition coefficient (Wildman–Crippen LogP) is 2.00. The van der Waals surface area contributed by atoms with Gasteiger partial charge in [-0.1, -0.05) is 0 Å². The van der Waals surface area contributed by atoms with E-state index in [-0.39, 0.29) is 11.7 Å². The Labute approximate surface area is 129 Å². The van der Waals surface area contributed by atoms with Crippen molar-refractivity contribution in [3.05, 3.63) is 52.2 Å². The second-order valence-corrected chi connectivity index (χ2v) is 5.85. The average molecular weight is 300 g/mol. The van der Waals surface area contributed by atoms with E-state index in [1.54, 1.807) is 23.9 Å². The SMILES string of the molecule is Cc1cc(-n2ccnc(C)c2=O)ccc1OCC(O)C1CC1. The monoisotopic (exact) mass is 300 g/mol. The first-order valence-corrected chi connectivity index (χ1v) is 7.52. The maximum Gasteiger partial charge on any atom is 0.276 e. The van der Waals surface area contributed by atoms with Gasteiger partial charge in [-0.05, 0) is 56.4 Å². The minimum absolute atomic E-state index is 0.125. The Hall–Kier alpha value is -2.14. The van der Waals surface area contributed by atoms with Crippen LogP contribution < -0.4 is 10.3 Å². The number of aliphatic hydroxyl groups is 1. The first kappa shape index (κ1) is 14.8. The predicted molar refractivity (Wildman–Crippen MR) is 83.5 cm³/mol. The second-order valence-electron chi connectivity index (χ2n) is 5.85. The van der Waals surface area contributed by atoms with Crippen LogP contribution in [0.2, 0.25) is 0 Å². The molecule has 3 rings (SSSR count). The molecule has 5 nitrogen and oxygen atoms in total. The molecule has 0 saturated heterocycles. The highest BCUT2D eigenvalue weighted by Crippen LogP contribution is 2.33. The molecule has 1 saturated carbocycles. The van der Waals surface area contributed by atoms with Crippen LogP contribution in [0, 0.1) is 19.8 Å². The molecule has 0 bridgehead atoms. The normalized spacial score (nSPS) is 15.6. The van der Waals surface area contributed by atoms with Crippen LogP contribution in [-0.2, 0) is 0 Å². The Bertz CT molecular complexity index is 735. The zero-order chi connectivity index (χ0) is 15.7. The Morgan fingerprint density at radius 2 is 2.18 bits per heavy atom. The van der Waals surface area contributed by atoms with Crippen LogP contribution in [0.25, 0.3) is 5.69 Å². The van der Waals surface area contributed by atoms with E-state index in [2.05, 4.69) is 4.98 Å². The molecule has 1 N–H and O–H groups in total. The molecule has 0 aliphatic heterocycles. The van der Waals surface area contributed by atoms with E-state index in [4.69, 9.17) is 4.74 Å². The van der Waals surface area contributed by atoms with Crippen LogP contribution in [-0.4, -0.2) is 27.4 Å². The maximum absolute atomic E-state index is 12.1. The molecule has 2 aromatic rings. The molecule has 1 unspecified atom stereocenters. The lowest BCUT2D eigenvalue weighted by Crippen LogP contribution is -2.21. The average Bonchev–Trinajstić information content (AvgIpc) is 3.33. The van der Waals surface area contributed by atoms with Gasteiger partial charge in [-0.25, -0.2) is 0 Å². The first-order chi connectivity index (χ1) is 10.6. The van der Waals surface area contributed by atoms with Gasteiger partial charge >= 0.3 is 0 Å². The fourth-order valence-electron chi connectivity index (χ4n) is 2.45. The van der Waals surface area contributed by atoms with Crippen LogP contribution >= 0.6 is 0 Å². The fourth-order valence-corrected chi connectivity index (χ4v) is 2.45. The maximum atomic E-state index is 12.1. The van der Waals surface area contributed by atoms with Crippen molar-refractivity contribution in [2.75, 3.05) is 6.61 Å². The van der Waals surface area contributed by atoms with Crippen molar-refractivity contribution >= 4 is 0 Å². The van der Waals surface area contributed by atoms with Gasteiger partial charge in [-0.2, -0.15) is 0 Å². The van der Waals surface area contributed by atoms with Gasteiger partial charge in [0.2, 0.25) is 0 Å². The highest BCUT2D eigenvalue weighted by molar-refractivity contribution is 5.43. The highest BCUT2D eigenvalue weighted by Gasteiger charge is 2.30. The molecule has 1 aliphatic rings. The summed E-state index contributed by atoms with van der Waals surface area (Å²) >= 11 is 0. The molecule has 0 radical (unpaired) electrons. The van der Waals surface area contributed by atoms with Gasteiger partial charge in [0.05, 0.1) is 6.10 Å². The minimum Gasteiger partial charge on any atom is -0.491 e. The van der Waals surface area contributed by atoms with Crippen molar-refractivity contribution in [2.45, 2.75) is 32.8 Å². The Kier molecular flexibility index (Phi) is 3.98. The number of aryl methyl sites for hydroxylation is 2. The number of aliphatic hydroxyl groups excluding tert-OH is 1. The number of aromatic nitrogens is 2. The van der Waals surface area contributed by atoms with Crippen LogP contribution in [0.4, 0.5) is 0 Å². The molecular weight excluding hydrogens is 280 g/mol. The van der Waals surface area contributed by atoms with Crippen LogP contribution in [0.5, 0.6) is 5.75 Å². The molecule has 116 valence electrons. The number of nitrogens with zero attached hydrogens (tertiary/aromatic N) is 2. The summed E-state index contributed by atoms with van der Waals surface area (Å²) < 4.78 is 7.26. The van der Waals surface area contributed by atoms with E-state index in [9.17, 15) is 9.90 Å². The van der Waals surface area contributed by atoms with Crippen molar-refractivity contribution in [2.24, 2.45) is 5.92 Å². The van der Waals surface area contributed by atoms with Crippen LogP contribution in [0.1, 0.15) is 24.1 Å². The van der Waals surface area contributed by atoms with E-state index < -0.39 is 0 Å². The molecule has 22 heavy (non-hydrogen) atoms. The summed E-state index contributed by atoms with van der Waals surface area (Å²) in [4.78, 5) is 16.1. The van der Waals surface area contributed by atoms with Crippen molar-refractivity contribution < 1.29 is 9.84 Å². The van der Waals surface area contributed by atoms with E-state index in [1.807, 2.05) is 25.1 Å². The summed E-state index contributed by atoms with van der Waals surface area (Å²) in [5.41, 5.74) is 2.05. The Morgan fingerprint density at radius 1 is 1.41 bits per heavy atom. The lowest BCUT2D eigenvalue weighted by atomic mass is 10.2. The number of benzene rings is 1. The van der Waals surface area contributed by atoms with Crippen molar-refractivity contribution in [1.82, 2.24) is 9.55 Å². The van der Waals surface area contributed by atoms with Crippen molar-refractivity contribution in [1.29, 1.82) is 0 Å². The highest BCUT2D eigenvalue weighted by atomic mass is 16.5. The standard InChI is InChI=1S/C17H20N2O3/c1-11-9-14(19-8-7-18-12(2)17(19)21)5-6-16(11)22-10-15(20)13-3-4-13/h5-9,13,15,20H,3-4,10H2,1-2H3. The second kappa shape index (κ2) is 5.93. The third-order valence-corrected chi connectivity index (χ3v) is 4.02. The summed E-state index contributed by atoms with van der Waals surface area (Å²) in [6.45, 7) is 3.95. The van der Waals surface area contributed by atoms with Crippen molar-refractivity contribution in [3.8, 4) is 11.4 Å². The molecular formula is C17H20N2O3. The molecule has 1 aromatic carbocycles. The summed E-state index contributed by atoms with van der Waals surface area (Å²) in [5, 5.41) is 9.86. The largest absolute Gasteiger partial charge is 0.491 e. The van der Waals surface area contributed by atoms with Gasteiger partial charge in [-0.3, -0.25) is 14.3 Å². The number of hydrogen-bond donors (Lipinski definition) is 1. The fraction of sp³-hybridized carbons (Fsp3) is 0.412. The zero-order valence-electron chi connectivity index (χ0n) is 12.8. The molecule has 1 atom stereocenters. The quantitative estimate of drug-likeness (QED) is 0.917. The summed E-state index contributed by atoms with van der Waals surface area (Å²) in [7, 11) is 0. The number of ether oxygens (including phenoxy) is 1. The minimum atomic E-state index is -0.385. The first-order valence-electron chi connectivity index (χ1n) is 7.52. The van der Waals surface area contributed by atoms with E-state index in [0.29, 0.717) is 18.2 Å². The molecule has 1 heterocycles. The molecule has 0 amide bonds. The van der Waals surface area contributed by atoms with E-state index in [1.165, 1.54) is 0 Å². The molecule has 1 aromatic heterocycles. The van der Waals surface area contributed by atoms with Gasteiger partial charge in [0.25, 0.3) is 5.56 Å². The zero-order valence-corrected chi connectivity index (χ0v) is 12.8. The molecule has 5 heteroatoms. The van der Waals surface area contributed by atoms with Crippen LogP contribution in [0.15, 0.2) is 35.4 Å². The molecule has 1 fully saturated rings. The third-order valence-electron chi connectivity index (χ3n) is 4.02. The lowest BCUT2D eigenvalue weighted by Gasteiger charge is -2.14. The van der Waals surface area contributed by atoms with Gasteiger partial charge in [0.1, 0.15) is 18.1 Å².